The van der Waals surface area contributed by atoms with Gasteiger partial charge in [-0.05, 0) is 20.8 Å². The third-order valence-electron chi connectivity index (χ3n) is 1.18. The van der Waals surface area contributed by atoms with Crippen LogP contribution in [0.1, 0.15) is 27.2 Å². The van der Waals surface area contributed by atoms with Crippen molar-refractivity contribution in [1.29, 1.82) is 0 Å². The van der Waals surface area contributed by atoms with E-state index in [1.54, 1.807) is 6.21 Å². The van der Waals surface area contributed by atoms with E-state index in [1.807, 2.05) is 20.8 Å². The molecule has 0 spiro atoms. The molecule has 1 aliphatic heterocycles. The zero-order chi connectivity index (χ0) is 9.19. The molecule has 4 heteroatoms. The second-order valence-electron chi connectivity index (χ2n) is 3.55. The van der Waals surface area contributed by atoms with Gasteiger partial charge in [0.1, 0.15) is 5.60 Å². The Morgan fingerprint density at radius 2 is 2.25 bits per heavy atom. The molecular formula is C8H12N2O2. The van der Waals surface area contributed by atoms with Gasteiger partial charge >= 0.3 is 5.97 Å². The molecule has 0 aromatic heterocycles. The Morgan fingerprint density at radius 1 is 1.58 bits per heavy atom. The summed E-state index contributed by atoms with van der Waals surface area (Å²) in [6, 6.07) is 0. The first-order chi connectivity index (χ1) is 5.49. The fourth-order valence-electron chi connectivity index (χ4n) is 0.740. The van der Waals surface area contributed by atoms with E-state index in [0.29, 0.717) is 12.1 Å². The van der Waals surface area contributed by atoms with Crippen molar-refractivity contribution >= 4 is 17.9 Å². The third-order valence-corrected chi connectivity index (χ3v) is 1.18. The van der Waals surface area contributed by atoms with Gasteiger partial charge in [0.2, 0.25) is 0 Å². The lowest BCUT2D eigenvalue weighted by atomic mass is 10.2. The topological polar surface area (TPSA) is 51.0 Å². The normalized spacial score (nSPS) is 16.1. The largest absolute Gasteiger partial charge is 0.455 e. The van der Waals surface area contributed by atoms with E-state index in [1.165, 1.54) is 0 Å². The molecule has 0 saturated heterocycles. The maximum absolute atomic E-state index is 11.2. The smallest absolute Gasteiger partial charge is 0.355 e. The summed E-state index contributed by atoms with van der Waals surface area (Å²) in [6.45, 7) is 5.46. The van der Waals surface area contributed by atoms with Crippen LogP contribution in [0, 0.1) is 0 Å². The monoisotopic (exact) mass is 168 g/mol. The van der Waals surface area contributed by atoms with Crippen LogP contribution in [0.15, 0.2) is 10.2 Å². The van der Waals surface area contributed by atoms with Crippen molar-refractivity contribution in [3.8, 4) is 0 Å². The van der Waals surface area contributed by atoms with Crippen LogP contribution in [-0.4, -0.2) is 23.5 Å². The van der Waals surface area contributed by atoms with E-state index >= 15 is 0 Å². The molecule has 66 valence electrons. The first-order valence-electron chi connectivity index (χ1n) is 3.81. The van der Waals surface area contributed by atoms with Gasteiger partial charge < -0.3 is 4.74 Å². The number of hydrogen-bond donors (Lipinski definition) is 0. The highest BCUT2D eigenvalue weighted by molar-refractivity contribution is 6.39. The first-order valence-corrected chi connectivity index (χ1v) is 3.81. The minimum Gasteiger partial charge on any atom is -0.455 e. The van der Waals surface area contributed by atoms with Crippen LogP contribution >= 0.6 is 0 Å². The Balaban J connectivity index is 2.50. The van der Waals surface area contributed by atoms with Crippen LogP contribution in [0.5, 0.6) is 0 Å². The number of rotatable bonds is 1. The summed E-state index contributed by atoms with van der Waals surface area (Å²) in [4.78, 5) is 11.2. The fraction of sp³-hybridized carbons (Fsp3) is 0.625. The molecule has 0 unspecified atom stereocenters. The highest BCUT2D eigenvalue weighted by atomic mass is 16.6. The molecule has 0 saturated carbocycles. The maximum atomic E-state index is 11.2. The van der Waals surface area contributed by atoms with Crippen molar-refractivity contribution in [3.05, 3.63) is 0 Å². The molecule has 0 aromatic carbocycles. The van der Waals surface area contributed by atoms with Gasteiger partial charge in [-0.25, -0.2) is 4.79 Å². The summed E-state index contributed by atoms with van der Waals surface area (Å²) in [5.74, 6) is -0.375. The Morgan fingerprint density at radius 3 is 2.67 bits per heavy atom. The van der Waals surface area contributed by atoms with Crippen LogP contribution in [0.25, 0.3) is 0 Å². The summed E-state index contributed by atoms with van der Waals surface area (Å²) in [6.07, 6.45) is 2.06. The zero-order valence-electron chi connectivity index (χ0n) is 7.50. The molecule has 12 heavy (non-hydrogen) atoms. The molecule has 1 aliphatic rings. The second kappa shape index (κ2) is 3.05. The number of carbonyl (C=O) groups excluding carboxylic acids is 1. The summed E-state index contributed by atoms with van der Waals surface area (Å²) in [7, 11) is 0. The van der Waals surface area contributed by atoms with Gasteiger partial charge in [0, 0.05) is 12.6 Å². The van der Waals surface area contributed by atoms with Crippen LogP contribution in [0.4, 0.5) is 0 Å². The van der Waals surface area contributed by atoms with Gasteiger partial charge in [-0.2, -0.15) is 5.10 Å². The van der Waals surface area contributed by atoms with Gasteiger partial charge in [-0.1, -0.05) is 0 Å². The highest BCUT2D eigenvalue weighted by Gasteiger charge is 2.21. The van der Waals surface area contributed by atoms with Crippen molar-refractivity contribution in [2.75, 3.05) is 0 Å². The molecule has 0 aromatic rings. The van der Waals surface area contributed by atoms with Crippen molar-refractivity contribution in [2.45, 2.75) is 32.8 Å². The van der Waals surface area contributed by atoms with E-state index in [9.17, 15) is 4.79 Å². The summed E-state index contributed by atoms with van der Waals surface area (Å²) in [5, 5.41) is 7.21. The van der Waals surface area contributed by atoms with Crippen molar-refractivity contribution in [2.24, 2.45) is 10.2 Å². The highest BCUT2D eigenvalue weighted by Crippen LogP contribution is 2.09. The van der Waals surface area contributed by atoms with E-state index in [2.05, 4.69) is 10.2 Å². The quantitative estimate of drug-likeness (QED) is 0.551. The Kier molecular flexibility index (Phi) is 2.26. The molecule has 0 bridgehead atoms. The number of carbonyl (C=O) groups is 1. The minimum atomic E-state index is -0.456. The van der Waals surface area contributed by atoms with Crippen molar-refractivity contribution in [3.63, 3.8) is 0 Å². The van der Waals surface area contributed by atoms with E-state index in [0.717, 1.165) is 0 Å². The Bertz CT molecular complexity index is 248. The SMILES string of the molecule is CC(C)(C)OC(=O)C1=NN=CC1. The molecule has 0 radical (unpaired) electrons. The Hall–Kier alpha value is -1.19. The Labute approximate surface area is 71.3 Å². The van der Waals surface area contributed by atoms with Gasteiger partial charge in [-0.3, -0.25) is 0 Å². The summed E-state index contributed by atoms with van der Waals surface area (Å²) < 4.78 is 5.07. The lowest BCUT2D eigenvalue weighted by Gasteiger charge is -2.18. The van der Waals surface area contributed by atoms with E-state index in [-0.39, 0.29) is 5.97 Å². The molecule has 0 N–H and O–H groups in total. The third kappa shape index (κ3) is 2.45. The van der Waals surface area contributed by atoms with E-state index in [4.69, 9.17) is 4.74 Å². The molecule has 0 atom stereocenters. The first kappa shape index (κ1) is 8.90. The second-order valence-corrected chi connectivity index (χ2v) is 3.55. The number of ether oxygens (including phenoxy) is 1. The van der Waals surface area contributed by atoms with Gasteiger partial charge in [0.05, 0.1) is 0 Å². The van der Waals surface area contributed by atoms with Crippen molar-refractivity contribution < 1.29 is 9.53 Å². The maximum Gasteiger partial charge on any atom is 0.355 e. The van der Waals surface area contributed by atoms with Crippen LogP contribution in [0.2, 0.25) is 0 Å². The predicted molar refractivity (Wildman–Crippen MR) is 46.4 cm³/mol. The average Bonchev–Trinajstić information content (AvgIpc) is 2.32. The molecule has 1 rings (SSSR count). The van der Waals surface area contributed by atoms with Crippen LogP contribution < -0.4 is 0 Å². The van der Waals surface area contributed by atoms with Gasteiger partial charge in [0.15, 0.2) is 5.71 Å². The number of nitrogens with zero attached hydrogens (tertiary/aromatic N) is 2. The standard InChI is InChI=1S/C8H12N2O2/c1-8(2,3)12-7(11)6-4-5-9-10-6/h5H,4H2,1-3H3. The zero-order valence-corrected chi connectivity index (χ0v) is 7.50. The molecule has 0 amide bonds. The van der Waals surface area contributed by atoms with Gasteiger partial charge in [0.25, 0.3) is 0 Å². The number of hydrogen-bond acceptors (Lipinski definition) is 4. The molecule has 4 nitrogen and oxygen atoms in total. The average molecular weight is 168 g/mol. The van der Waals surface area contributed by atoms with Gasteiger partial charge in [-0.15, -0.1) is 5.10 Å². The lowest BCUT2D eigenvalue weighted by Crippen LogP contribution is -2.28. The molecular weight excluding hydrogens is 156 g/mol. The van der Waals surface area contributed by atoms with Crippen LogP contribution in [0.3, 0.4) is 0 Å². The predicted octanol–water partition coefficient (Wildman–Crippen LogP) is 1.16. The summed E-state index contributed by atoms with van der Waals surface area (Å²) in [5.41, 5.74) is -0.0766. The lowest BCUT2D eigenvalue weighted by molar-refractivity contribution is -0.146. The number of esters is 1. The molecule has 0 fully saturated rings. The fourth-order valence-corrected chi connectivity index (χ4v) is 0.740. The molecule has 0 aliphatic carbocycles. The van der Waals surface area contributed by atoms with Crippen LogP contribution in [-0.2, 0) is 9.53 Å². The minimum absolute atomic E-state index is 0.375. The summed E-state index contributed by atoms with van der Waals surface area (Å²) >= 11 is 0. The molecule has 1 heterocycles. The van der Waals surface area contributed by atoms with Crippen molar-refractivity contribution in [1.82, 2.24) is 0 Å². The van der Waals surface area contributed by atoms with E-state index < -0.39 is 5.60 Å².